The molecule has 2 aromatic heterocycles. The van der Waals surface area contributed by atoms with E-state index in [4.69, 9.17) is 27.9 Å². The molecule has 130 valence electrons. The standard InChI is InChI=1S/C15H13Cl2N5O3/c1-6-11-7-3-9(25-2)12(16)13(17)14(7)22-15(18-19-20-22)8(11)4-21(6)10(24)5-23/h3,6,23H,4-5H2,1-2H3/t6-/m0/s1. The molecule has 1 N–H and O–H groups in total. The molecule has 0 saturated heterocycles. The summed E-state index contributed by atoms with van der Waals surface area (Å²) in [6.45, 7) is 1.62. The number of tetrazole rings is 1. The van der Waals surface area contributed by atoms with Crippen molar-refractivity contribution in [3.8, 4) is 5.75 Å². The number of amides is 1. The van der Waals surface area contributed by atoms with Crippen LogP contribution in [-0.2, 0) is 11.3 Å². The van der Waals surface area contributed by atoms with Crippen LogP contribution in [-0.4, -0.2) is 49.7 Å². The first-order chi connectivity index (χ1) is 12.0. The Balaban J connectivity index is 2.14. The van der Waals surface area contributed by atoms with Gasteiger partial charge in [-0.15, -0.1) is 5.10 Å². The van der Waals surface area contributed by atoms with E-state index in [2.05, 4.69) is 15.5 Å². The van der Waals surface area contributed by atoms with E-state index in [1.54, 1.807) is 11.0 Å². The Morgan fingerprint density at radius 3 is 2.88 bits per heavy atom. The zero-order valence-corrected chi connectivity index (χ0v) is 14.8. The number of aliphatic hydroxyl groups excluding tert-OH is 1. The summed E-state index contributed by atoms with van der Waals surface area (Å²) in [5, 5.41) is 22.4. The van der Waals surface area contributed by atoms with Crippen molar-refractivity contribution in [2.24, 2.45) is 0 Å². The van der Waals surface area contributed by atoms with E-state index in [1.807, 2.05) is 6.92 Å². The van der Waals surface area contributed by atoms with Crippen molar-refractivity contribution in [3.05, 3.63) is 27.2 Å². The van der Waals surface area contributed by atoms with Crippen LogP contribution in [0.4, 0.5) is 0 Å². The van der Waals surface area contributed by atoms with Gasteiger partial charge in [0, 0.05) is 10.9 Å². The predicted octanol–water partition coefficient (Wildman–Crippen LogP) is 1.99. The van der Waals surface area contributed by atoms with Crippen molar-refractivity contribution < 1.29 is 14.6 Å². The number of nitrogens with zero attached hydrogens (tertiary/aromatic N) is 5. The van der Waals surface area contributed by atoms with Gasteiger partial charge < -0.3 is 14.7 Å². The molecule has 0 spiro atoms. The van der Waals surface area contributed by atoms with Gasteiger partial charge in [0.1, 0.15) is 17.4 Å². The maximum Gasteiger partial charge on any atom is 0.249 e. The molecule has 1 aliphatic rings. The zero-order valence-electron chi connectivity index (χ0n) is 13.3. The number of fused-ring (bicyclic) bond motifs is 6. The minimum atomic E-state index is -0.562. The molecule has 0 fully saturated rings. The second-order valence-electron chi connectivity index (χ2n) is 5.77. The molecule has 8 nitrogen and oxygen atoms in total. The van der Waals surface area contributed by atoms with Crippen molar-refractivity contribution in [1.82, 2.24) is 24.9 Å². The highest BCUT2D eigenvalue weighted by molar-refractivity contribution is 6.46. The fraction of sp³-hybridized carbons (Fsp3) is 0.333. The molecule has 1 amide bonds. The number of halogens is 2. The van der Waals surface area contributed by atoms with E-state index in [1.165, 1.54) is 11.6 Å². The van der Waals surface area contributed by atoms with E-state index >= 15 is 0 Å². The molecule has 25 heavy (non-hydrogen) atoms. The number of methoxy groups -OCH3 is 1. The minimum Gasteiger partial charge on any atom is -0.495 e. The van der Waals surface area contributed by atoms with Crippen LogP contribution in [0.3, 0.4) is 0 Å². The van der Waals surface area contributed by atoms with E-state index in [9.17, 15) is 9.90 Å². The van der Waals surface area contributed by atoms with Crippen LogP contribution in [0.2, 0.25) is 10.0 Å². The number of pyridine rings is 1. The van der Waals surface area contributed by atoms with Crippen molar-refractivity contribution in [2.75, 3.05) is 13.7 Å². The fourth-order valence-electron chi connectivity index (χ4n) is 3.45. The second-order valence-corrected chi connectivity index (χ2v) is 6.52. The van der Waals surface area contributed by atoms with Gasteiger partial charge in [-0.1, -0.05) is 23.2 Å². The van der Waals surface area contributed by atoms with E-state index in [0.717, 1.165) is 16.5 Å². The van der Waals surface area contributed by atoms with E-state index in [-0.39, 0.29) is 22.0 Å². The number of aliphatic hydroxyl groups is 1. The summed E-state index contributed by atoms with van der Waals surface area (Å²) in [6, 6.07) is 1.49. The lowest BCUT2D eigenvalue weighted by Gasteiger charge is -2.21. The molecule has 1 aliphatic heterocycles. The molecule has 3 aromatic rings. The van der Waals surface area contributed by atoms with Gasteiger partial charge in [-0.2, -0.15) is 4.52 Å². The molecular weight excluding hydrogens is 369 g/mol. The van der Waals surface area contributed by atoms with Gasteiger partial charge >= 0.3 is 0 Å². The number of benzene rings is 1. The molecule has 1 atom stereocenters. The molecule has 0 unspecified atom stereocenters. The average molecular weight is 382 g/mol. The van der Waals surface area contributed by atoms with Crippen molar-refractivity contribution in [2.45, 2.75) is 19.5 Å². The molecule has 0 bridgehead atoms. The van der Waals surface area contributed by atoms with Gasteiger partial charge in [-0.3, -0.25) is 4.79 Å². The first-order valence-corrected chi connectivity index (χ1v) is 8.24. The molecular formula is C15H13Cl2N5O3. The molecule has 10 heteroatoms. The first-order valence-electron chi connectivity index (χ1n) is 7.48. The largest absolute Gasteiger partial charge is 0.495 e. The Labute approximate surface area is 151 Å². The predicted molar refractivity (Wildman–Crippen MR) is 90.9 cm³/mol. The van der Waals surface area contributed by atoms with Crippen LogP contribution < -0.4 is 4.74 Å². The maximum atomic E-state index is 12.1. The highest BCUT2D eigenvalue weighted by Gasteiger charge is 2.35. The number of carbonyl (C=O) groups is 1. The summed E-state index contributed by atoms with van der Waals surface area (Å²) < 4.78 is 6.84. The van der Waals surface area contributed by atoms with Gasteiger partial charge in [0.2, 0.25) is 5.91 Å². The molecule has 3 heterocycles. The number of hydrogen-bond acceptors (Lipinski definition) is 6. The number of hydrogen-bond donors (Lipinski definition) is 1. The lowest BCUT2D eigenvalue weighted by atomic mass is 10.0. The van der Waals surface area contributed by atoms with E-state index in [0.29, 0.717) is 23.5 Å². The molecule has 4 rings (SSSR count). The van der Waals surface area contributed by atoms with Crippen LogP contribution in [0, 0.1) is 0 Å². The smallest absolute Gasteiger partial charge is 0.249 e. The average Bonchev–Trinajstić information content (AvgIpc) is 3.22. The lowest BCUT2D eigenvalue weighted by Crippen LogP contribution is -2.30. The van der Waals surface area contributed by atoms with Crippen LogP contribution in [0.5, 0.6) is 5.75 Å². The SMILES string of the molecule is COc1cc2c3c(c4nnnn4c2c(Cl)c1Cl)CN(C(=O)CO)[C@H]3C. The van der Waals surface area contributed by atoms with Crippen molar-refractivity contribution in [1.29, 1.82) is 0 Å². The van der Waals surface area contributed by atoms with Crippen LogP contribution in [0.1, 0.15) is 24.1 Å². The molecule has 0 aliphatic carbocycles. The first kappa shape index (κ1) is 16.3. The Hall–Kier alpha value is -2.16. The lowest BCUT2D eigenvalue weighted by molar-refractivity contribution is -0.136. The number of aromatic nitrogens is 4. The summed E-state index contributed by atoms with van der Waals surface area (Å²) in [5.74, 6) is 0.0578. The molecule has 0 saturated carbocycles. The summed E-state index contributed by atoms with van der Waals surface area (Å²) in [5.41, 5.74) is 2.74. The molecule has 1 aromatic carbocycles. The van der Waals surface area contributed by atoms with Crippen molar-refractivity contribution in [3.63, 3.8) is 0 Å². The maximum absolute atomic E-state index is 12.1. The quantitative estimate of drug-likeness (QED) is 0.729. The normalized spacial score (nSPS) is 16.7. The number of ether oxygens (including phenoxy) is 1. The topological polar surface area (TPSA) is 92.9 Å². The summed E-state index contributed by atoms with van der Waals surface area (Å²) in [4.78, 5) is 13.7. The Bertz CT molecular complexity index is 1040. The monoisotopic (exact) mass is 381 g/mol. The summed E-state index contributed by atoms with van der Waals surface area (Å²) in [7, 11) is 1.50. The Morgan fingerprint density at radius 1 is 1.44 bits per heavy atom. The Kier molecular flexibility index (Phi) is 3.71. The third-order valence-corrected chi connectivity index (χ3v) is 5.44. The van der Waals surface area contributed by atoms with Gasteiger partial charge in [0.25, 0.3) is 0 Å². The Morgan fingerprint density at radius 2 is 2.20 bits per heavy atom. The summed E-state index contributed by atoms with van der Waals surface area (Å²) >= 11 is 12.8. The second kappa shape index (κ2) is 5.69. The highest BCUT2D eigenvalue weighted by Crippen LogP contribution is 2.45. The molecule has 0 radical (unpaired) electrons. The summed E-state index contributed by atoms with van der Waals surface area (Å²) in [6.07, 6.45) is 0. The van der Waals surface area contributed by atoms with Gasteiger partial charge in [-0.25, -0.2) is 0 Å². The van der Waals surface area contributed by atoms with Crippen LogP contribution >= 0.6 is 23.2 Å². The number of rotatable bonds is 2. The number of carbonyl (C=O) groups excluding carboxylic acids is 1. The fourth-order valence-corrected chi connectivity index (χ4v) is 3.95. The third-order valence-electron chi connectivity index (χ3n) is 4.60. The van der Waals surface area contributed by atoms with Crippen molar-refractivity contribution >= 4 is 45.7 Å². The van der Waals surface area contributed by atoms with Gasteiger partial charge in [0.05, 0.1) is 30.2 Å². The van der Waals surface area contributed by atoms with Crippen LogP contribution in [0.15, 0.2) is 6.07 Å². The van der Waals surface area contributed by atoms with E-state index < -0.39 is 6.61 Å². The minimum absolute atomic E-state index is 0.266. The third kappa shape index (κ3) is 2.11. The van der Waals surface area contributed by atoms with Gasteiger partial charge in [-0.05, 0) is 29.0 Å². The van der Waals surface area contributed by atoms with Gasteiger partial charge in [0.15, 0.2) is 5.65 Å². The zero-order chi connectivity index (χ0) is 17.9. The van der Waals surface area contributed by atoms with Crippen LogP contribution in [0.25, 0.3) is 16.6 Å². The highest BCUT2D eigenvalue weighted by atomic mass is 35.5.